The molecule has 1 amide bonds. The topological polar surface area (TPSA) is 32.3 Å². The molecule has 1 rings (SSSR count). The Morgan fingerprint density at radius 3 is 2.67 bits per heavy atom. The smallest absolute Gasteiger partial charge is 0.254 e. The highest BCUT2D eigenvalue weighted by molar-refractivity contribution is 8.00. The summed E-state index contributed by atoms with van der Waals surface area (Å²) in [6.07, 6.45) is 0. The quantitative estimate of drug-likeness (QED) is 0.803. The van der Waals surface area contributed by atoms with Gasteiger partial charge in [0.05, 0.1) is 5.56 Å². The van der Waals surface area contributed by atoms with Crippen molar-refractivity contribution >= 4 is 17.7 Å². The third-order valence-corrected chi connectivity index (χ3v) is 3.61. The monoisotopic (exact) mass is 266 g/mol. The maximum absolute atomic E-state index is 12.3. The van der Waals surface area contributed by atoms with Crippen LogP contribution in [0.25, 0.3) is 0 Å². The number of benzene rings is 1. The van der Waals surface area contributed by atoms with Gasteiger partial charge < -0.3 is 10.2 Å². The maximum Gasteiger partial charge on any atom is 0.254 e. The Hall–Kier alpha value is -1.00. The first-order valence-electron chi connectivity index (χ1n) is 6.22. The maximum atomic E-state index is 12.3. The van der Waals surface area contributed by atoms with Crippen molar-refractivity contribution in [1.29, 1.82) is 0 Å². The Morgan fingerprint density at radius 2 is 2.06 bits per heavy atom. The summed E-state index contributed by atoms with van der Waals surface area (Å²) < 4.78 is 0. The van der Waals surface area contributed by atoms with E-state index in [9.17, 15) is 4.79 Å². The molecule has 0 spiro atoms. The van der Waals surface area contributed by atoms with Crippen molar-refractivity contribution in [1.82, 2.24) is 10.2 Å². The third-order valence-electron chi connectivity index (χ3n) is 2.52. The molecule has 0 saturated carbocycles. The Bertz CT molecular complexity index is 393. The van der Waals surface area contributed by atoms with Gasteiger partial charge in [0, 0.05) is 30.3 Å². The van der Waals surface area contributed by atoms with E-state index in [1.807, 2.05) is 38.4 Å². The van der Waals surface area contributed by atoms with Gasteiger partial charge in [-0.15, -0.1) is 11.8 Å². The molecule has 0 aliphatic carbocycles. The van der Waals surface area contributed by atoms with Crippen LogP contribution in [0.2, 0.25) is 0 Å². The van der Waals surface area contributed by atoms with Gasteiger partial charge in [-0.05, 0) is 19.2 Å². The molecule has 0 atom stereocenters. The lowest BCUT2D eigenvalue weighted by Gasteiger charge is -2.19. The van der Waals surface area contributed by atoms with Crippen LogP contribution in [0.3, 0.4) is 0 Å². The molecule has 0 aromatic heterocycles. The van der Waals surface area contributed by atoms with Gasteiger partial charge in [-0.1, -0.05) is 26.0 Å². The summed E-state index contributed by atoms with van der Waals surface area (Å²) >= 11 is 1.73. The molecule has 100 valence electrons. The number of nitrogens with zero attached hydrogens (tertiary/aromatic N) is 1. The second-order valence-electron chi connectivity index (χ2n) is 4.49. The van der Waals surface area contributed by atoms with Crippen molar-refractivity contribution in [3.63, 3.8) is 0 Å². The van der Waals surface area contributed by atoms with Crippen LogP contribution in [-0.4, -0.2) is 43.2 Å². The standard InChI is InChI=1S/C14H22N2OS/c1-11(2)18-13-8-6-5-7-12(13)14(17)16(4)10-9-15-3/h5-8,11,15H,9-10H2,1-4H3. The average Bonchev–Trinajstić information content (AvgIpc) is 2.35. The van der Waals surface area contributed by atoms with E-state index in [1.165, 1.54) is 0 Å². The first kappa shape index (κ1) is 15.1. The lowest BCUT2D eigenvalue weighted by molar-refractivity contribution is 0.0793. The predicted molar refractivity (Wildman–Crippen MR) is 78.3 cm³/mol. The van der Waals surface area contributed by atoms with E-state index in [1.54, 1.807) is 16.7 Å². The molecule has 0 aliphatic heterocycles. The van der Waals surface area contributed by atoms with Crippen molar-refractivity contribution in [3.8, 4) is 0 Å². The molecule has 4 heteroatoms. The lowest BCUT2D eigenvalue weighted by atomic mass is 10.2. The zero-order valence-electron chi connectivity index (χ0n) is 11.6. The average molecular weight is 266 g/mol. The van der Waals surface area contributed by atoms with Crippen molar-refractivity contribution in [2.24, 2.45) is 0 Å². The summed E-state index contributed by atoms with van der Waals surface area (Å²) in [4.78, 5) is 15.2. The van der Waals surface area contributed by atoms with Crippen LogP contribution in [0.5, 0.6) is 0 Å². The first-order chi connectivity index (χ1) is 8.56. The largest absolute Gasteiger partial charge is 0.340 e. The zero-order valence-corrected chi connectivity index (χ0v) is 12.4. The number of hydrogen-bond acceptors (Lipinski definition) is 3. The summed E-state index contributed by atoms with van der Waals surface area (Å²) in [5, 5.41) is 3.53. The molecule has 18 heavy (non-hydrogen) atoms. The van der Waals surface area contributed by atoms with Crippen molar-refractivity contribution in [2.75, 3.05) is 27.2 Å². The van der Waals surface area contributed by atoms with E-state index >= 15 is 0 Å². The predicted octanol–water partition coefficient (Wildman–Crippen LogP) is 2.48. The second-order valence-corrected chi connectivity index (χ2v) is 6.11. The van der Waals surface area contributed by atoms with Crippen molar-refractivity contribution in [2.45, 2.75) is 24.0 Å². The van der Waals surface area contributed by atoms with Crippen LogP contribution >= 0.6 is 11.8 Å². The number of carbonyl (C=O) groups excluding carboxylic acids is 1. The molecule has 0 radical (unpaired) electrons. The molecule has 1 N–H and O–H groups in total. The molecule has 0 heterocycles. The highest BCUT2D eigenvalue weighted by Gasteiger charge is 2.15. The SMILES string of the molecule is CNCCN(C)C(=O)c1ccccc1SC(C)C. The van der Waals surface area contributed by atoms with Gasteiger partial charge in [0.1, 0.15) is 0 Å². The molecule has 3 nitrogen and oxygen atoms in total. The van der Waals surface area contributed by atoms with Gasteiger partial charge in [0.25, 0.3) is 5.91 Å². The van der Waals surface area contributed by atoms with E-state index in [2.05, 4.69) is 19.2 Å². The molecule has 0 saturated heterocycles. The number of nitrogens with one attached hydrogen (secondary N) is 1. The second kappa shape index (κ2) is 7.44. The van der Waals surface area contributed by atoms with Gasteiger partial charge in [0.15, 0.2) is 0 Å². The fourth-order valence-corrected chi connectivity index (χ4v) is 2.53. The van der Waals surface area contributed by atoms with Crippen molar-refractivity contribution < 1.29 is 4.79 Å². The highest BCUT2D eigenvalue weighted by atomic mass is 32.2. The van der Waals surface area contributed by atoms with Gasteiger partial charge in [-0.3, -0.25) is 4.79 Å². The highest BCUT2D eigenvalue weighted by Crippen LogP contribution is 2.27. The molecule has 0 fully saturated rings. The summed E-state index contributed by atoms with van der Waals surface area (Å²) in [6.45, 7) is 5.80. The van der Waals surface area contributed by atoms with Gasteiger partial charge in [-0.2, -0.15) is 0 Å². The van der Waals surface area contributed by atoms with Crippen LogP contribution in [-0.2, 0) is 0 Å². The minimum atomic E-state index is 0.0917. The van der Waals surface area contributed by atoms with Gasteiger partial charge in [-0.25, -0.2) is 0 Å². The van der Waals surface area contributed by atoms with Crippen LogP contribution in [0, 0.1) is 0 Å². The zero-order chi connectivity index (χ0) is 13.5. The van der Waals surface area contributed by atoms with E-state index in [0.717, 1.165) is 23.5 Å². The molecule has 0 unspecified atom stereocenters. The van der Waals surface area contributed by atoms with Crippen LogP contribution in [0.15, 0.2) is 29.2 Å². The lowest BCUT2D eigenvalue weighted by Crippen LogP contribution is -2.33. The van der Waals surface area contributed by atoms with E-state index < -0.39 is 0 Å². The Labute approximate surface area is 114 Å². The third kappa shape index (κ3) is 4.35. The minimum absolute atomic E-state index is 0.0917. The minimum Gasteiger partial charge on any atom is -0.340 e. The number of likely N-dealkylation sites (N-methyl/N-ethyl adjacent to an activating group) is 2. The molecule has 1 aromatic rings. The normalized spacial score (nSPS) is 10.7. The summed E-state index contributed by atoms with van der Waals surface area (Å²) in [5.41, 5.74) is 0.801. The summed E-state index contributed by atoms with van der Waals surface area (Å²) in [6, 6.07) is 7.82. The van der Waals surface area contributed by atoms with E-state index in [4.69, 9.17) is 0 Å². The van der Waals surface area contributed by atoms with Crippen molar-refractivity contribution in [3.05, 3.63) is 29.8 Å². The number of carbonyl (C=O) groups is 1. The number of rotatable bonds is 6. The van der Waals surface area contributed by atoms with Gasteiger partial charge in [0.2, 0.25) is 0 Å². The number of thioether (sulfide) groups is 1. The van der Waals surface area contributed by atoms with Crippen LogP contribution < -0.4 is 5.32 Å². The molecule has 0 bridgehead atoms. The Kier molecular flexibility index (Phi) is 6.22. The van der Waals surface area contributed by atoms with E-state index in [-0.39, 0.29) is 5.91 Å². The summed E-state index contributed by atoms with van der Waals surface area (Å²) in [7, 11) is 3.73. The molecular formula is C14H22N2OS. The fourth-order valence-electron chi connectivity index (χ4n) is 1.59. The van der Waals surface area contributed by atoms with Crippen LogP contribution in [0.4, 0.5) is 0 Å². The van der Waals surface area contributed by atoms with Crippen LogP contribution in [0.1, 0.15) is 24.2 Å². The Balaban J connectivity index is 2.84. The Morgan fingerprint density at radius 1 is 1.39 bits per heavy atom. The number of hydrogen-bond donors (Lipinski definition) is 1. The molecular weight excluding hydrogens is 244 g/mol. The first-order valence-corrected chi connectivity index (χ1v) is 7.10. The van der Waals surface area contributed by atoms with Gasteiger partial charge >= 0.3 is 0 Å². The summed E-state index contributed by atoms with van der Waals surface area (Å²) in [5.74, 6) is 0.0917. The van der Waals surface area contributed by atoms with E-state index in [0.29, 0.717) is 5.25 Å². The fraction of sp³-hybridized carbons (Fsp3) is 0.500. The molecule has 0 aliphatic rings. The number of amides is 1. The molecule has 1 aromatic carbocycles.